The number of fused-ring (bicyclic) bond motifs is 1. The summed E-state index contributed by atoms with van der Waals surface area (Å²) in [4.78, 5) is 14.3. The Morgan fingerprint density at radius 1 is 0.882 bits per heavy atom. The van der Waals surface area contributed by atoms with Crippen molar-refractivity contribution in [2.75, 3.05) is 52.9 Å². The van der Waals surface area contributed by atoms with Crippen LogP contribution in [0.15, 0.2) is 36.7 Å². The van der Waals surface area contributed by atoms with E-state index in [0.717, 1.165) is 13.1 Å². The summed E-state index contributed by atoms with van der Waals surface area (Å²) in [5.74, 6) is 0. The van der Waals surface area contributed by atoms with Crippen LogP contribution in [0.4, 0.5) is 0 Å². The average Bonchev–Trinajstić information content (AvgIpc) is 3.65. The molecule has 3 aromatic rings. The Kier molecular flexibility index (Phi) is 6.50. The van der Waals surface area contributed by atoms with Crippen LogP contribution >= 0.6 is 11.3 Å². The van der Waals surface area contributed by atoms with Crippen LogP contribution in [0.3, 0.4) is 0 Å². The highest BCUT2D eigenvalue weighted by Gasteiger charge is 2.42. The molecule has 2 aromatic heterocycles. The number of rotatable bonds is 6. The molecule has 0 bridgehead atoms. The van der Waals surface area contributed by atoms with E-state index in [4.69, 9.17) is 4.98 Å². The van der Waals surface area contributed by atoms with Gasteiger partial charge in [-0.25, -0.2) is 4.98 Å². The molecule has 182 valence electrons. The molecule has 6 heteroatoms. The van der Waals surface area contributed by atoms with Gasteiger partial charge in [0.05, 0.1) is 5.54 Å². The lowest BCUT2D eigenvalue weighted by Crippen LogP contribution is -2.45. The van der Waals surface area contributed by atoms with Gasteiger partial charge in [-0.1, -0.05) is 19.3 Å². The van der Waals surface area contributed by atoms with E-state index in [1.807, 2.05) is 11.3 Å². The molecule has 0 spiro atoms. The van der Waals surface area contributed by atoms with Crippen molar-refractivity contribution >= 4 is 22.2 Å². The van der Waals surface area contributed by atoms with Gasteiger partial charge in [0.15, 0.2) is 0 Å². The van der Waals surface area contributed by atoms with E-state index in [1.54, 1.807) is 0 Å². The van der Waals surface area contributed by atoms with Crippen LogP contribution in [0.5, 0.6) is 0 Å². The Bertz CT molecular complexity index is 1100. The Morgan fingerprint density at radius 2 is 1.68 bits per heavy atom. The summed E-state index contributed by atoms with van der Waals surface area (Å²) in [6, 6.07) is 9.24. The largest absolute Gasteiger partial charge is 0.346 e. The second kappa shape index (κ2) is 9.73. The van der Waals surface area contributed by atoms with Gasteiger partial charge in [0.25, 0.3) is 0 Å². The molecule has 2 saturated heterocycles. The second-order valence-corrected chi connectivity index (χ2v) is 11.8. The molecule has 0 radical (unpaired) electrons. The number of likely N-dealkylation sites (N-methyl/N-ethyl adjacent to an activating group) is 1. The fourth-order valence-corrected chi connectivity index (χ4v) is 7.66. The minimum Gasteiger partial charge on any atom is -0.346 e. The molecule has 6 rings (SSSR count). The lowest BCUT2D eigenvalue weighted by molar-refractivity contribution is 0.0739. The summed E-state index contributed by atoms with van der Waals surface area (Å²) in [7, 11) is 2.22. The standard InChI is InChI=1S/C28H39N5S/c1-30-15-17-31(18-16-30)19-20-32-14-9-23-21-24(7-8-25(23)32)27-29-22-26(34-27)28(10-3-2-4-11-28)33-12-5-6-13-33/h7-9,14,21-22H,2-6,10-13,15-20H2,1H3. The molecule has 1 aliphatic carbocycles. The number of thiazole rings is 1. The van der Waals surface area contributed by atoms with Gasteiger partial charge in [-0.3, -0.25) is 9.80 Å². The number of likely N-dealkylation sites (tertiary alicyclic amines) is 1. The number of hydrogen-bond donors (Lipinski definition) is 0. The van der Waals surface area contributed by atoms with Gasteiger partial charge in [-0.05, 0) is 70.1 Å². The van der Waals surface area contributed by atoms with Crippen LogP contribution in [0.2, 0.25) is 0 Å². The van der Waals surface area contributed by atoms with Crippen LogP contribution in [-0.4, -0.2) is 77.1 Å². The fourth-order valence-electron chi connectivity index (χ4n) is 6.47. The first-order valence-electron chi connectivity index (χ1n) is 13.4. The molecular weight excluding hydrogens is 438 g/mol. The molecule has 1 aromatic carbocycles. The topological polar surface area (TPSA) is 27.5 Å². The van der Waals surface area contributed by atoms with Crippen molar-refractivity contribution < 1.29 is 0 Å². The molecule has 5 nitrogen and oxygen atoms in total. The highest BCUT2D eigenvalue weighted by Crippen LogP contribution is 2.47. The van der Waals surface area contributed by atoms with Crippen molar-refractivity contribution in [3.63, 3.8) is 0 Å². The highest BCUT2D eigenvalue weighted by atomic mass is 32.1. The Balaban J connectivity index is 1.20. The van der Waals surface area contributed by atoms with Crippen molar-refractivity contribution in [2.45, 2.75) is 57.0 Å². The van der Waals surface area contributed by atoms with Gasteiger partial charge < -0.3 is 9.47 Å². The molecule has 1 saturated carbocycles. The van der Waals surface area contributed by atoms with Gasteiger partial charge in [0.2, 0.25) is 0 Å². The molecule has 4 heterocycles. The van der Waals surface area contributed by atoms with E-state index in [1.165, 1.54) is 111 Å². The van der Waals surface area contributed by atoms with Gasteiger partial charge in [-0.2, -0.15) is 0 Å². The monoisotopic (exact) mass is 477 g/mol. The molecule has 0 atom stereocenters. The van der Waals surface area contributed by atoms with Gasteiger partial charge in [0.1, 0.15) is 5.01 Å². The minimum absolute atomic E-state index is 0.251. The van der Waals surface area contributed by atoms with Crippen molar-refractivity contribution in [1.82, 2.24) is 24.3 Å². The van der Waals surface area contributed by atoms with Crippen molar-refractivity contribution in [2.24, 2.45) is 0 Å². The highest BCUT2D eigenvalue weighted by molar-refractivity contribution is 7.15. The summed E-state index contributed by atoms with van der Waals surface area (Å²) in [6.45, 7) is 9.47. The molecule has 0 unspecified atom stereocenters. The quantitative estimate of drug-likeness (QED) is 0.484. The maximum Gasteiger partial charge on any atom is 0.123 e. The van der Waals surface area contributed by atoms with Crippen LogP contribution in [0.25, 0.3) is 21.5 Å². The summed E-state index contributed by atoms with van der Waals surface area (Å²) >= 11 is 1.95. The summed E-state index contributed by atoms with van der Waals surface area (Å²) in [5.41, 5.74) is 2.87. The van der Waals surface area contributed by atoms with Crippen LogP contribution in [0.1, 0.15) is 49.8 Å². The summed E-state index contributed by atoms with van der Waals surface area (Å²) in [5, 5.41) is 2.52. The zero-order valence-corrected chi connectivity index (χ0v) is 21.5. The van der Waals surface area contributed by atoms with Crippen molar-refractivity contribution in [3.05, 3.63) is 41.5 Å². The lowest BCUT2D eigenvalue weighted by Gasteiger charge is -2.44. The zero-order chi connectivity index (χ0) is 23.0. The molecule has 0 amide bonds. The lowest BCUT2D eigenvalue weighted by atomic mass is 9.79. The van der Waals surface area contributed by atoms with Gasteiger partial charge >= 0.3 is 0 Å². The van der Waals surface area contributed by atoms with E-state index < -0.39 is 0 Å². The predicted octanol–water partition coefficient (Wildman–Crippen LogP) is 5.27. The molecule has 3 aliphatic rings. The number of nitrogens with zero attached hydrogens (tertiary/aromatic N) is 5. The first-order valence-corrected chi connectivity index (χ1v) is 14.2. The first kappa shape index (κ1) is 22.7. The third-order valence-electron chi connectivity index (χ3n) is 8.63. The number of aromatic nitrogens is 2. The maximum atomic E-state index is 4.97. The second-order valence-electron chi connectivity index (χ2n) is 10.7. The van der Waals surface area contributed by atoms with Crippen molar-refractivity contribution in [1.29, 1.82) is 0 Å². The van der Waals surface area contributed by atoms with Crippen LogP contribution < -0.4 is 0 Å². The first-order chi connectivity index (χ1) is 16.7. The summed E-state index contributed by atoms with van der Waals surface area (Å²) < 4.78 is 2.43. The van der Waals surface area contributed by atoms with Gasteiger partial charge in [-0.15, -0.1) is 11.3 Å². The summed E-state index contributed by atoms with van der Waals surface area (Å²) in [6.07, 6.45) is 13.9. The molecule has 0 N–H and O–H groups in total. The van der Waals surface area contributed by atoms with Crippen LogP contribution in [0, 0.1) is 0 Å². The zero-order valence-electron chi connectivity index (χ0n) is 20.7. The van der Waals surface area contributed by atoms with Crippen LogP contribution in [-0.2, 0) is 12.1 Å². The minimum atomic E-state index is 0.251. The van der Waals surface area contributed by atoms with Gasteiger partial charge in [0, 0.05) is 73.0 Å². The normalized spacial score (nSPS) is 22.6. The smallest absolute Gasteiger partial charge is 0.123 e. The predicted molar refractivity (Wildman–Crippen MR) is 143 cm³/mol. The fraction of sp³-hybridized carbons (Fsp3) is 0.607. The van der Waals surface area contributed by atoms with E-state index in [0.29, 0.717) is 0 Å². The molecule has 34 heavy (non-hydrogen) atoms. The Morgan fingerprint density at radius 3 is 2.47 bits per heavy atom. The maximum absolute atomic E-state index is 4.97. The number of benzene rings is 1. The Labute approximate surface area is 208 Å². The molecule has 2 aliphatic heterocycles. The Hall–Kier alpha value is -1.73. The van der Waals surface area contributed by atoms with E-state index in [2.05, 4.69) is 63.0 Å². The van der Waals surface area contributed by atoms with Crippen molar-refractivity contribution in [3.8, 4) is 10.6 Å². The van der Waals surface area contributed by atoms with E-state index in [-0.39, 0.29) is 5.54 Å². The van der Waals surface area contributed by atoms with E-state index in [9.17, 15) is 0 Å². The van der Waals surface area contributed by atoms with E-state index >= 15 is 0 Å². The average molecular weight is 478 g/mol. The number of hydrogen-bond acceptors (Lipinski definition) is 5. The third-order valence-corrected chi connectivity index (χ3v) is 9.87. The SMILES string of the molecule is CN1CCN(CCn2ccc3cc(-c4ncc(C5(N6CCCC6)CCCCC5)s4)ccc32)CC1. The number of piperazine rings is 1. The molecule has 3 fully saturated rings. The molecular formula is C28H39N5S. The third kappa shape index (κ3) is 4.34.